The largest absolute Gasteiger partial charge is 0.309 e. The molecule has 454 valence electrons. The van der Waals surface area contributed by atoms with Gasteiger partial charge in [0.25, 0.3) is 0 Å². The number of aromatic nitrogens is 6. The number of hydrogen-bond acceptors (Lipinski definition) is 3. The smallest absolute Gasteiger partial charge is 0.240 e. The number of rotatable bonds is 7. The number of hydrogen-bond donors (Lipinski definition) is 0. The molecule has 0 atom stereocenters. The maximum atomic E-state index is 5.64. The minimum absolute atomic E-state index is 0.0869. The van der Waals surface area contributed by atoms with Crippen molar-refractivity contribution >= 4 is 65.4 Å². The van der Waals surface area contributed by atoms with Crippen LogP contribution in [-0.2, 0) is 16.2 Å². The average molecular weight is 1230 g/mol. The Morgan fingerprint density at radius 1 is 0.219 bits per heavy atom. The van der Waals surface area contributed by atoms with E-state index >= 15 is 0 Å². The first-order valence-corrected chi connectivity index (χ1v) is 33.6. The molecule has 4 aromatic heterocycles. The zero-order valence-corrected chi connectivity index (χ0v) is 54.2. The minimum atomic E-state index is -0.117. The van der Waals surface area contributed by atoms with Gasteiger partial charge in [-0.2, -0.15) is 15.0 Å². The Balaban J connectivity index is 0.740. The average Bonchev–Trinajstić information content (AvgIpc) is 1.59. The number of para-hydroxylation sites is 3. The predicted molar refractivity (Wildman–Crippen MR) is 397 cm³/mol. The Kier molecular flexibility index (Phi) is 11.2. The zero-order chi connectivity index (χ0) is 64.1. The highest BCUT2D eigenvalue weighted by Crippen LogP contribution is 2.53. The SMILES string of the molecule is CC1(C)c2ccccc2-c2ccc(-c3ccc4c(c3)c3ccccc3n4-c3ccc(-c4nc(-n5c6ccccc6c6cc(-c7ccc8c(c7)C(C)(C)c7ccccc7-8)ccc65)nc(-n5c6ccccc6c6cc(-c7ccc8c(c7)C(C)(C)c7ccccc7-8)ccc65)n4)cc3)cc21. The van der Waals surface area contributed by atoms with E-state index in [-0.39, 0.29) is 16.2 Å². The number of fused-ring (bicyclic) bond motifs is 18. The van der Waals surface area contributed by atoms with E-state index in [1.54, 1.807) is 0 Å². The lowest BCUT2D eigenvalue weighted by Crippen LogP contribution is -2.14. The van der Waals surface area contributed by atoms with Gasteiger partial charge in [0, 0.05) is 59.8 Å². The summed E-state index contributed by atoms with van der Waals surface area (Å²) < 4.78 is 6.89. The van der Waals surface area contributed by atoms with Crippen molar-refractivity contribution in [3.8, 4) is 95.7 Å². The summed E-state index contributed by atoms with van der Waals surface area (Å²) in [5.74, 6) is 1.64. The molecule has 4 heterocycles. The molecule has 0 saturated heterocycles. The molecule has 96 heavy (non-hydrogen) atoms. The van der Waals surface area contributed by atoms with Crippen molar-refractivity contribution in [2.75, 3.05) is 0 Å². The molecule has 3 aliphatic rings. The van der Waals surface area contributed by atoms with Gasteiger partial charge < -0.3 is 4.57 Å². The molecule has 0 amide bonds. The first-order valence-electron chi connectivity index (χ1n) is 33.6. The van der Waals surface area contributed by atoms with Crippen LogP contribution in [0, 0.1) is 0 Å². The van der Waals surface area contributed by atoms with Crippen LogP contribution in [0.3, 0.4) is 0 Å². The fourth-order valence-electron chi connectivity index (χ4n) is 17.3. The van der Waals surface area contributed by atoms with Crippen LogP contribution < -0.4 is 0 Å². The third-order valence-electron chi connectivity index (χ3n) is 22.2. The molecule has 0 spiro atoms. The Bertz CT molecular complexity index is 6000. The second-order valence-corrected chi connectivity index (χ2v) is 28.4. The van der Waals surface area contributed by atoms with Crippen LogP contribution >= 0.6 is 0 Å². The molecule has 17 aromatic rings. The predicted octanol–water partition coefficient (Wildman–Crippen LogP) is 22.7. The molecule has 3 aliphatic carbocycles. The van der Waals surface area contributed by atoms with E-state index in [0.717, 1.165) is 77.0 Å². The van der Waals surface area contributed by atoms with Crippen molar-refractivity contribution in [3.05, 3.63) is 312 Å². The normalized spacial score (nSPS) is 14.4. The molecule has 6 heteroatoms. The van der Waals surface area contributed by atoms with E-state index in [4.69, 9.17) is 15.0 Å². The van der Waals surface area contributed by atoms with Crippen LogP contribution in [0.5, 0.6) is 0 Å². The van der Waals surface area contributed by atoms with Crippen LogP contribution in [0.15, 0.2) is 279 Å². The lowest BCUT2D eigenvalue weighted by Gasteiger charge is -2.22. The van der Waals surface area contributed by atoms with E-state index in [0.29, 0.717) is 17.7 Å². The lowest BCUT2D eigenvalue weighted by molar-refractivity contribution is 0.660. The van der Waals surface area contributed by atoms with E-state index in [9.17, 15) is 0 Å². The van der Waals surface area contributed by atoms with E-state index in [1.165, 1.54) is 99.8 Å². The molecular weight excluding hydrogens is 1170 g/mol. The topological polar surface area (TPSA) is 53.5 Å². The molecule has 0 radical (unpaired) electrons. The summed E-state index contributed by atoms with van der Waals surface area (Å²) in [5, 5.41) is 6.92. The molecule has 13 aromatic carbocycles. The van der Waals surface area contributed by atoms with Gasteiger partial charge in [-0.15, -0.1) is 0 Å². The standard InChI is InChI=1S/C90H64N6/c1-88(2)73-25-13-7-19-61(73)64-41-33-57(50-76(64)88)54-36-44-82-70(47-54)67-22-10-16-28-79(67)94(82)60-39-31-53(32-40-60)85-91-86(95-80-29-17-11-23-68(80)71-48-55(37-45-83(71)95)58-34-42-65-62-20-8-14-26-74(62)89(3,4)77(65)51-58)93-87(92-85)96-81-30-18-12-24-69(81)72-49-56(38-46-84(72)96)59-35-43-66-63-21-9-15-27-75(63)90(5,6)78(66)52-59/h7-52H,1-6H3. The third-order valence-corrected chi connectivity index (χ3v) is 22.2. The highest BCUT2D eigenvalue weighted by molar-refractivity contribution is 6.13. The van der Waals surface area contributed by atoms with Gasteiger partial charge in [-0.1, -0.05) is 224 Å². The molecule has 6 nitrogen and oxygen atoms in total. The van der Waals surface area contributed by atoms with Gasteiger partial charge in [-0.25, -0.2) is 0 Å². The van der Waals surface area contributed by atoms with Gasteiger partial charge in [0.15, 0.2) is 5.82 Å². The van der Waals surface area contributed by atoms with Crippen LogP contribution in [-0.4, -0.2) is 28.7 Å². The minimum Gasteiger partial charge on any atom is -0.309 e. The highest BCUT2D eigenvalue weighted by Gasteiger charge is 2.38. The van der Waals surface area contributed by atoms with Crippen molar-refractivity contribution in [2.45, 2.75) is 57.8 Å². The van der Waals surface area contributed by atoms with Crippen LogP contribution in [0.25, 0.3) is 161 Å². The van der Waals surface area contributed by atoms with Crippen molar-refractivity contribution in [2.24, 2.45) is 0 Å². The van der Waals surface area contributed by atoms with Crippen LogP contribution in [0.2, 0.25) is 0 Å². The summed E-state index contributed by atoms with van der Waals surface area (Å²) >= 11 is 0. The summed E-state index contributed by atoms with van der Waals surface area (Å²) in [7, 11) is 0. The summed E-state index contributed by atoms with van der Waals surface area (Å²) in [5.41, 5.74) is 31.3. The van der Waals surface area contributed by atoms with Crippen molar-refractivity contribution < 1.29 is 0 Å². The fourth-order valence-corrected chi connectivity index (χ4v) is 17.3. The lowest BCUT2D eigenvalue weighted by atomic mass is 9.81. The van der Waals surface area contributed by atoms with E-state index in [2.05, 4.69) is 334 Å². The van der Waals surface area contributed by atoms with Crippen molar-refractivity contribution in [3.63, 3.8) is 0 Å². The molecule has 0 unspecified atom stereocenters. The molecule has 0 aliphatic heterocycles. The quantitative estimate of drug-likeness (QED) is 0.160. The Morgan fingerprint density at radius 2 is 0.500 bits per heavy atom. The first kappa shape index (κ1) is 54.8. The maximum absolute atomic E-state index is 5.64. The Hall–Kier alpha value is -11.7. The van der Waals surface area contributed by atoms with Gasteiger partial charge in [-0.3, -0.25) is 9.13 Å². The summed E-state index contributed by atoms with van der Waals surface area (Å²) in [6.07, 6.45) is 0. The molecular formula is C90H64N6. The number of benzene rings is 13. The summed E-state index contributed by atoms with van der Waals surface area (Å²) in [6, 6.07) is 103. The van der Waals surface area contributed by atoms with E-state index < -0.39 is 0 Å². The zero-order valence-electron chi connectivity index (χ0n) is 54.2. The van der Waals surface area contributed by atoms with Crippen LogP contribution in [0.1, 0.15) is 74.9 Å². The Morgan fingerprint density at radius 3 is 0.885 bits per heavy atom. The molecule has 0 saturated carbocycles. The highest BCUT2D eigenvalue weighted by atomic mass is 15.3. The van der Waals surface area contributed by atoms with Crippen molar-refractivity contribution in [1.82, 2.24) is 28.7 Å². The molecule has 0 fully saturated rings. The molecule has 0 bridgehead atoms. The van der Waals surface area contributed by atoms with Crippen LogP contribution in [0.4, 0.5) is 0 Å². The monoisotopic (exact) mass is 1230 g/mol. The van der Waals surface area contributed by atoms with Gasteiger partial charge in [0.05, 0.1) is 33.1 Å². The van der Waals surface area contributed by atoms with Crippen molar-refractivity contribution in [1.29, 1.82) is 0 Å². The Labute approximate surface area is 556 Å². The molecule has 0 N–H and O–H groups in total. The van der Waals surface area contributed by atoms with Gasteiger partial charge >= 0.3 is 0 Å². The fraction of sp³-hybridized carbons (Fsp3) is 0.100. The maximum Gasteiger partial charge on any atom is 0.240 e. The van der Waals surface area contributed by atoms with Gasteiger partial charge in [0.2, 0.25) is 11.9 Å². The third kappa shape index (κ3) is 7.66. The summed E-state index contributed by atoms with van der Waals surface area (Å²) in [6.45, 7) is 14.1. The van der Waals surface area contributed by atoms with E-state index in [1.807, 2.05) is 0 Å². The summed E-state index contributed by atoms with van der Waals surface area (Å²) in [4.78, 5) is 16.8. The van der Waals surface area contributed by atoms with Gasteiger partial charge in [-0.05, 0) is 197 Å². The number of nitrogens with zero attached hydrogens (tertiary/aromatic N) is 6. The second kappa shape index (κ2) is 19.7. The van der Waals surface area contributed by atoms with Gasteiger partial charge in [0.1, 0.15) is 0 Å². The second-order valence-electron chi connectivity index (χ2n) is 28.4. The first-order chi connectivity index (χ1) is 46.8. The molecule has 20 rings (SSSR count).